The van der Waals surface area contributed by atoms with Crippen molar-refractivity contribution in [2.45, 2.75) is 27.2 Å². The summed E-state index contributed by atoms with van der Waals surface area (Å²) in [6.45, 7) is 6.41. The second-order valence-electron chi connectivity index (χ2n) is 4.10. The Balaban J connectivity index is 2.71. The van der Waals surface area contributed by atoms with Crippen LogP contribution >= 0.6 is 11.6 Å². The Bertz CT molecular complexity index is 416. The van der Waals surface area contributed by atoms with Gasteiger partial charge in [0.05, 0.1) is 12.5 Å². The van der Waals surface area contributed by atoms with Crippen LogP contribution in [0.25, 0.3) is 0 Å². The number of ether oxygens (including phenoxy) is 2. The maximum Gasteiger partial charge on any atom is 0.302 e. The van der Waals surface area contributed by atoms with Crippen molar-refractivity contribution >= 4 is 17.6 Å². The Morgan fingerprint density at radius 1 is 1.22 bits per heavy atom. The van der Waals surface area contributed by atoms with Gasteiger partial charge in [0, 0.05) is 13.3 Å². The van der Waals surface area contributed by atoms with Gasteiger partial charge in [-0.1, -0.05) is 6.07 Å². The van der Waals surface area contributed by atoms with E-state index in [0.717, 1.165) is 17.7 Å². The number of carbonyl (C=O) groups excluding carboxylic acids is 1. The van der Waals surface area contributed by atoms with E-state index < -0.39 is 0 Å². The number of esters is 1. The van der Waals surface area contributed by atoms with Gasteiger partial charge in [-0.05, 0) is 36.6 Å². The lowest BCUT2D eigenvalue weighted by Gasteiger charge is -2.14. The molecule has 0 bridgehead atoms. The van der Waals surface area contributed by atoms with Gasteiger partial charge in [0.1, 0.15) is 12.4 Å². The number of rotatable bonds is 6. The van der Waals surface area contributed by atoms with E-state index in [9.17, 15) is 4.79 Å². The summed E-state index contributed by atoms with van der Waals surface area (Å²) in [7, 11) is 0. The third-order valence-corrected chi connectivity index (χ3v) is 3.02. The Kier molecular flexibility index (Phi) is 5.99. The number of halogens is 1. The third kappa shape index (κ3) is 4.22. The van der Waals surface area contributed by atoms with Gasteiger partial charge >= 0.3 is 5.97 Å². The number of benzene rings is 1. The van der Waals surface area contributed by atoms with Crippen LogP contribution in [-0.2, 0) is 16.0 Å². The van der Waals surface area contributed by atoms with Crippen molar-refractivity contribution in [1.82, 2.24) is 0 Å². The molecule has 0 saturated heterocycles. The molecule has 3 nitrogen and oxygen atoms in total. The smallest absolute Gasteiger partial charge is 0.302 e. The van der Waals surface area contributed by atoms with Crippen LogP contribution in [0.2, 0.25) is 0 Å². The fourth-order valence-electron chi connectivity index (χ4n) is 1.73. The summed E-state index contributed by atoms with van der Waals surface area (Å²) in [4.78, 5) is 10.7. The van der Waals surface area contributed by atoms with Gasteiger partial charge in [0.2, 0.25) is 0 Å². The lowest BCUT2D eigenvalue weighted by atomic mass is 10.0. The van der Waals surface area contributed by atoms with Gasteiger partial charge in [-0.3, -0.25) is 4.79 Å². The molecule has 0 atom stereocenters. The molecule has 0 aliphatic rings. The molecule has 0 unspecified atom stereocenters. The fourth-order valence-corrected chi connectivity index (χ4v) is 1.81. The van der Waals surface area contributed by atoms with Crippen LogP contribution in [0.1, 0.15) is 23.6 Å². The molecule has 0 amide bonds. The van der Waals surface area contributed by atoms with E-state index in [1.54, 1.807) is 0 Å². The highest BCUT2D eigenvalue weighted by Crippen LogP contribution is 2.24. The molecule has 0 aliphatic carbocycles. The molecule has 0 aliphatic heterocycles. The Labute approximate surface area is 113 Å². The van der Waals surface area contributed by atoms with E-state index in [2.05, 4.69) is 0 Å². The van der Waals surface area contributed by atoms with E-state index in [4.69, 9.17) is 21.1 Å². The minimum atomic E-state index is -0.244. The zero-order chi connectivity index (χ0) is 13.5. The zero-order valence-corrected chi connectivity index (χ0v) is 11.8. The van der Waals surface area contributed by atoms with Crippen LogP contribution in [0.15, 0.2) is 12.1 Å². The predicted molar refractivity (Wildman–Crippen MR) is 72.5 cm³/mol. The van der Waals surface area contributed by atoms with Crippen LogP contribution in [0, 0.1) is 13.8 Å². The highest BCUT2D eigenvalue weighted by atomic mass is 35.5. The first-order valence-corrected chi connectivity index (χ1v) is 6.51. The van der Waals surface area contributed by atoms with Crippen molar-refractivity contribution < 1.29 is 14.3 Å². The molecule has 0 heterocycles. The molecule has 0 N–H and O–H groups in total. The molecule has 0 spiro atoms. The largest absolute Gasteiger partial charge is 0.492 e. The van der Waals surface area contributed by atoms with Gasteiger partial charge in [-0.2, -0.15) is 0 Å². The summed E-state index contributed by atoms with van der Waals surface area (Å²) in [5, 5.41) is 0. The second-order valence-corrected chi connectivity index (χ2v) is 4.48. The molecule has 0 radical (unpaired) electrons. The number of alkyl halides is 1. The first-order valence-electron chi connectivity index (χ1n) is 5.97. The lowest BCUT2D eigenvalue weighted by molar-refractivity contribution is -0.140. The number of hydrogen-bond donors (Lipinski definition) is 0. The second kappa shape index (κ2) is 7.27. The highest BCUT2D eigenvalue weighted by molar-refractivity contribution is 6.18. The predicted octanol–water partition coefficient (Wildman–Crippen LogP) is 3.03. The van der Waals surface area contributed by atoms with Gasteiger partial charge in [0.15, 0.2) is 0 Å². The summed E-state index contributed by atoms with van der Waals surface area (Å²) in [6.07, 6.45) is 0.724. The average Bonchev–Trinajstić information content (AvgIpc) is 2.33. The van der Waals surface area contributed by atoms with Crippen LogP contribution in [0.4, 0.5) is 0 Å². The van der Waals surface area contributed by atoms with Crippen LogP contribution in [-0.4, -0.2) is 25.1 Å². The normalized spacial score (nSPS) is 10.2. The molecule has 100 valence electrons. The van der Waals surface area contributed by atoms with Gasteiger partial charge < -0.3 is 9.47 Å². The van der Waals surface area contributed by atoms with Crippen molar-refractivity contribution in [3.63, 3.8) is 0 Å². The van der Waals surface area contributed by atoms with E-state index >= 15 is 0 Å². The van der Waals surface area contributed by atoms with Crippen molar-refractivity contribution in [1.29, 1.82) is 0 Å². The lowest BCUT2D eigenvalue weighted by Crippen LogP contribution is -2.06. The van der Waals surface area contributed by atoms with Crippen molar-refractivity contribution in [3.8, 4) is 5.75 Å². The first kappa shape index (κ1) is 14.8. The van der Waals surface area contributed by atoms with E-state index in [-0.39, 0.29) is 5.97 Å². The zero-order valence-electron chi connectivity index (χ0n) is 11.1. The molecule has 0 saturated carbocycles. The standard InChI is InChI=1S/C14H19ClO3/c1-10-11(2)14(18-9-7-15)5-4-13(10)6-8-17-12(3)16/h4-5H,6-9H2,1-3H3. The topological polar surface area (TPSA) is 35.5 Å². The van der Waals surface area contributed by atoms with Gasteiger partial charge in [0.25, 0.3) is 0 Å². The summed E-state index contributed by atoms with van der Waals surface area (Å²) >= 11 is 5.60. The van der Waals surface area contributed by atoms with E-state index in [1.165, 1.54) is 18.1 Å². The third-order valence-electron chi connectivity index (χ3n) is 2.86. The maximum atomic E-state index is 10.7. The Morgan fingerprint density at radius 2 is 1.94 bits per heavy atom. The van der Waals surface area contributed by atoms with Crippen LogP contribution in [0.3, 0.4) is 0 Å². The van der Waals surface area contributed by atoms with Crippen molar-refractivity contribution in [2.75, 3.05) is 19.1 Å². The Hall–Kier alpha value is -1.22. The molecule has 4 heteroatoms. The minimum absolute atomic E-state index is 0.244. The maximum absolute atomic E-state index is 10.7. The highest BCUT2D eigenvalue weighted by Gasteiger charge is 2.07. The summed E-state index contributed by atoms with van der Waals surface area (Å²) in [5.74, 6) is 1.10. The quantitative estimate of drug-likeness (QED) is 0.589. The van der Waals surface area contributed by atoms with Gasteiger partial charge in [-0.15, -0.1) is 11.6 Å². The molecular formula is C14H19ClO3. The van der Waals surface area contributed by atoms with E-state index in [0.29, 0.717) is 19.1 Å². The SMILES string of the molecule is CC(=O)OCCc1ccc(OCCCl)c(C)c1C. The minimum Gasteiger partial charge on any atom is -0.492 e. The van der Waals surface area contributed by atoms with Crippen LogP contribution < -0.4 is 4.74 Å². The molecule has 1 aromatic rings. The summed E-state index contributed by atoms with van der Waals surface area (Å²) < 4.78 is 10.5. The number of carbonyl (C=O) groups is 1. The number of hydrogen-bond acceptors (Lipinski definition) is 3. The summed E-state index contributed by atoms with van der Waals surface area (Å²) in [5.41, 5.74) is 3.46. The van der Waals surface area contributed by atoms with E-state index in [1.807, 2.05) is 26.0 Å². The molecule has 0 fully saturated rings. The summed E-state index contributed by atoms with van der Waals surface area (Å²) in [6, 6.07) is 3.95. The molecule has 0 aromatic heterocycles. The molecule has 1 rings (SSSR count). The first-order chi connectivity index (χ1) is 8.56. The monoisotopic (exact) mass is 270 g/mol. The van der Waals surface area contributed by atoms with Crippen LogP contribution in [0.5, 0.6) is 5.75 Å². The van der Waals surface area contributed by atoms with Gasteiger partial charge in [-0.25, -0.2) is 0 Å². The average molecular weight is 271 g/mol. The molecular weight excluding hydrogens is 252 g/mol. The molecule has 1 aromatic carbocycles. The van der Waals surface area contributed by atoms with Crippen molar-refractivity contribution in [3.05, 3.63) is 28.8 Å². The fraction of sp³-hybridized carbons (Fsp3) is 0.500. The Morgan fingerprint density at radius 3 is 2.56 bits per heavy atom. The molecule has 18 heavy (non-hydrogen) atoms. The van der Waals surface area contributed by atoms with Crippen molar-refractivity contribution in [2.24, 2.45) is 0 Å².